The molecule has 0 fully saturated rings. The lowest BCUT2D eigenvalue weighted by Crippen LogP contribution is -2.04. The zero-order chi connectivity index (χ0) is 9.84. The van der Waals surface area contributed by atoms with E-state index in [1.807, 2.05) is 0 Å². The molecule has 2 N–H and O–H groups in total. The molecule has 13 heavy (non-hydrogen) atoms. The number of hydrogen-bond acceptors (Lipinski definition) is 3. The first-order valence-electron chi connectivity index (χ1n) is 3.81. The van der Waals surface area contributed by atoms with Crippen molar-refractivity contribution in [2.45, 2.75) is 6.10 Å². The number of hydrogen-bond donors (Lipinski definition) is 2. The standard InChI is InChI=1S/C9H11FO3/c1-13-9-4-6(10)2-3-7(9)8(12)5-11/h2-4,8,11-12H,5H2,1H3. The molecule has 0 bridgehead atoms. The summed E-state index contributed by atoms with van der Waals surface area (Å²) in [5, 5.41) is 18.0. The molecular weight excluding hydrogens is 175 g/mol. The molecule has 4 heteroatoms. The zero-order valence-corrected chi connectivity index (χ0v) is 7.20. The Labute approximate surface area is 75.4 Å². The van der Waals surface area contributed by atoms with Crippen molar-refractivity contribution >= 4 is 0 Å². The van der Waals surface area contributed by atoms with E-state index in [9.17, 15) is 9.50 Å². The fourth-order valence-corrected chi connectivity index (χ4v) is 1.06. The van der Waals surface area contributed by atoms with Gasteiger partial charge >= 0.3 is 0 Å². The highest BCUT2D eigenvalue weighted by Gasteiger charge is 2.12. The van der Waals surface area contributed by atoms with Gasteiger partial charge in [-0.3, -0.25) is 0 Å². The van der Waals surface area contributed by atoms with Gasteiger partial charge in [0, 0.05) is 11.6 Å². The molecule has 1 aromatic carbocycles. The number of benzene rings is 1. The predicted octanol–water partition coefficient (Wildman–Crippen LogP) is 0.860. The van der Waals surface area contributed by atoms with Gasteiger partial charge in [0.1, 0.15) is 17.7 Å². The minimum Gasteiger partial charge on any atom is -0.496 e. The van der Waals surface area contributed by atoms with Crippen LogP contribution in [0.2, 0.25) is 0 Å². The average molecular weight is 186 g/mol. The first-order chi connectivity index (χ1) is 6.19. The van der Waals surface area contributed by atoms with Crippen LogP contribution in [0, 0.1) is 5.82 Å². The number of ether oxygens (including phenoxy) is 1. The van der Waals surface area contributed by atoms with Gasteiger partial charge in [0.05, 0.1) is 13.7 Å². The summed E-state index contributed by atoms with van der Waals surface area (Å²) in [6, 6.07) is 3.75. The lowest BCUT2D eigenvalue weighted by molar-refractivity contribution is 0.0932. The topological polar surface area (TPSA) is 49.7 Å². The van der Waals surface area contributed by atoms with Crippen LogP contribution in [0.3, 0.4) is 0 Å². The monoisotopic (exact) mass is 186 g/mol. The Bertz CT molecular complexity index is 288. The summed E-state index contributed by atoms with van der Waals surface area (Å²) in [6.07, 6.45) is -1.03. The van der Waals surface area contributed by atoms with E-state index < -0.39 is 18.5 Å². The van der Waals surface area contributed by atoms with E-state index in [-0.39, 0.29) is 5.75 Å². The van der Waals surface area contributed by atoms with Crippen LogP contribution in [0.15, 0.2) is 18.2 Å². The van der Waals surface area contributed by atoms with Gasteiger partial charge in [0.15, 0.2) is 0 Å². The van der Waals surface area contributed by atoms with Gasteiger partial charge in [-0.25, -0.2) is 4.39 Å². The van der Waals surface area contributed by atoms with E-state index in [0.717, 1.165) is 6.07 Å². The summed E-state index contributed by atoms with van der Waals surface area (Å²) >= 11 is 0. The van der Waals surface area contributed by atoms with Gasteiger partial charge in [-0.2, -0.15) is 0 Å². The van der Waals surface area contributed by atoms with Crippen LogP contribution in [0.5, 0.6) is 5.75 Å². The molecule has 0 radical (unpaired) electrons. The van der Waals surface area contributed by atoms with Gasteiger partial charge in [0.25, 0.3) is 0 Å². The van der Waals surface area contributed by atoms with Crippen molar-refractivity contribution in [2.24, 2.45) is 0 Å². The van der Waals surface area contributed by atoms with E-state index in [0.29, 0.717) is 5.56 Å². The van der Waals surface area contributed by atoms with Crippen molar-refractivity contribution in [1.29, 1.82) is 0 Å². The lowest BCUT2D eigenvalue weighted by atomic mass is 10.1. The van der Waals surface area contributed by atoms with Crippen LogP contribution in [-0.2, 0) is 0 Å². The van der Waals surface area contributed by atoms with Crippen LogP contribution in [0.25, 0.3) is 0 Å². The first kappa shape index (κ1) is 9.95. The van der Waals surface area contributed by atoms with Gasteiger partial charge in [-0.1, -0.05) is 0 Å². The van der Waals surface area contributed by atoms with Crippen molar-refractivity contribution in [3.63, 3.8) is 0 Å². The molecule has 1 aromatic rings. The quantitative estimate of drug-likeness (QED) is 0.736. The highest BCUT2D eigenvalue weighted by atomic mass is 19.1. The molecule has 0 saturated carbocycles. The third-order valence-corrected chi connectivity index (χ3v) is 1.73. The molecule has 0 spiro atoms. The molecule has 3 nitrogen and oxygen atoms in total. The maximum absolute atomic E-state index is 12.7. The Kier molecular flexibility index (Phi) is 3.22. The Morgan fingerprint density at radius 2 is 2.23 bits per heavy atom. The second kappa shape index (κ2) is 4.20. The molecule has 1 rings (SSSR count). The second-order valence-corrected chi connectivity index (χ2v) is 2.58. The van der Waals surface area contributed by atoms with E-state index in [1.165, 1.54) is 19.2 Å². The number of aliphatic hydroxyl groups is 2. The molecule has 0 saturated heterocycles. The summed E-state index contributed by atoms with van der Waals surface area (Å²) in [5.41, 5.74) is 0.381. The number of rotatable bonds is 3. The van der Waals surface area contributed by atoms with Crippen LogP contribution in [0.4, 0.5) is 4.39 Å². The first-order valence-corrected chi connectivity index (χ1v) is 3.81. The normalized spacial score (nSPS) is 12.6. The van der Waals surface area contributed by atoms with Crippen molar-refractivity contribution in [3.05, 3.63) is 29.6 Å². The summed E-state index contributed by atoms with van der Waals surface area (Å²) in [5.74, 6) is -0.202. The number of methoxy groups -OCH3 is 1. The van der Waals surface area contributed by atoms with Crippen molar-refractivity contribution in [2.75, 3.05) is 13.7 Å². The Morgan fingerprint density at radius 1 is 1.54 bits per heavy atom. The van der Waals surface area contributed by atoms with Crippen LogP contribution in [-0.4, -0.2) is 23.9 Å². The minimum absolute atomic E-state index is 0.238. The summed E-state index contributed by atoms with van der Waals surface area (Å²) < 4.78 is 17.5. The zero-order valence-electron chi connectivity index (χ0n) is 7.20. The second-order valence-electron chi connectivity index (χ2n) is 2.58. The Hall–Kier alpha value is -1.13. The molecule has 0 aliphatic heterocycles. The van der Waals surface area contributed by atoms with Crippen LogP contribution >= 0.6 is 0 Å². The SMILES string of the molecule is COc1cc(F)ccc1C(O)CO. The Balaban J connectivity index is 3.05. The number of aliphatic hydroxyl groups excluding tert-OH is 2. The fraction of sp³-hybridized carbons (Fsp3) is 0.333. The Morgan fingerprint density at radius 3 is 2.77 bits per heavy atom. The molecular formula is C9H11FO3. The molecule has 0 amide bonds. The number of halogens is 1. The lowest BCUT2D eigenvalue weighted by Gasteiger charge is -2.11. The third-order valence-electron chi connectivity index (χ3n) is 1.73. The van der Waals surface area contributed by atoms with Gasteiger partial charge in [0.2, 0.25) is 0 Å². The molecule has 0 aliphatic rings. The highest BCUT2D eigenvalue weighted by Crippen LogP contribution is 2.25. The average Bonchev–Trinajstić information content (AvgIpc) is 2.16. The molecule has 1 unspecified atom stereocenters. The van der Waals surface area contributed by atoms with E-state index >= 15 is 0 Å². The van der Waals surface area contributed by atoms with Gasteiger partial charge < -0.3 is 14.9 Å². The minimum atomic E-state index is -1.03. The van der Waals surface area contributed by atoms with Crippen molar-refractivity contribution < 1.29 is 19.3 Å². The maximum atomic E-state index is 12.7. The van der Waals surface area contributed by atoms with E-state index in [1.54, 1.807) is 0 Å². The highest BCUT2D eigenvalue weighted by molar-refractivity contribution is 5.35. The van der Waals surface area contributed by atoms with E-state index in [2.05, 4.69) is 0 Å². The summed E-state index contributed by atoms with van der Waals surface area (Å²) in [7, 11) is 1.38. The van der Waals surface area contributed by atoms with Gasteiger partial charge in [-0.05, 0) is 12.1 Å². The fourth-order valence-electron chi connectivity index (χ4n) is 1.06. The van der Waals surface area contributed by atoms with Crippen molar-refractivity contribution in [3.8, 4) is 5.75 Å². The molecule has 0 heterocycles. The molecule has 0 aliphatic carbocycles. The van der Waals surface area contributed by atoms with Crippen molar-refractivity contribution in [1.82, 2.24) is 0 Å². The van der Waals surface area contributed by atoms with E-state index in [4.69, 9.17) is 9.84 Å². The third kappa shape index (κ3) is 2.17. The van der Waals surface area contributed by atoms with Crippen LogP contribution in [0.1, 0.15) is 11.7 Å². The van der Waals surface area contributed by atoms with Crippen LogP contribution < -0.4 is 4.74 Å². The smallest absolute Gasteiger partial charge is 0.127 e. The molecule has 0 aromatic heterocycles. The predicted molar refractivity (Wildman–Crippen MR) is 45.0 cm³/mol. The summed E-state index contributed by atoms with van der Waals surface area (Å²) in [6.45, 7) is -0.415. The maximum Gasteiger partial charge on any atom is 0.127 e. The largest absolute Gasteiger partial charge is 0.496 e. The summed E-state index contributed by atoms with van der Waals surface area (Å²) in [4.78, 5) is 0. The molecule has 1 atom stereocenters. The van der Waals surface area contributed by atoms with Gasteiger partial charge in [-0.15, -0.1) is 0 Å². The molecule has 72 valence electrons.